The first-order chi connectivity index (χ1) is 9.54. The average Bonchev–Trinajstić information content (AvgIpc) is 2.82. The number of thiophene rings is 1. The molecule has 1 aromatic rings. The molecule has 0 aromatic carbocycles. The van der Waals surface area contributed by atoms with Crippen LogP contribution >= 0.6 is 35.2 Å². The summed E-state index contributed by atoms with van der Waals surface area (Å²) < 4.78 is 0.878. The van der Waals surface area contributed by atoms with Crippen LogP contribution in [0.25, 0.3) is 0 Å². The number of piperazine rings is 1. The van der Waals surface area contributed by atoms with Crippen LogP contribution in [0.5, 0.6) is 0 Å². The molecule has 1 saturated heterocycles. The number of quaternary nitrogens is 1. The first-order valence-corrected chi connectivity index (χ1v) is 8.40. The standard InChI is InChI=1S/C14H20ClN3S2/c1-11(2)9-16-14(19)18-7-5-17(6-8-18)10-12-3-4-13(15)20-12/h3-4H,1,5-10H2,2H3,(H,16,19)/p+1. The molecule has 0 amide bonds. The van der Waals surface area contributed by atoms with Gasteiger partial charge in [0.15, 0.2) is 5.11 Å². The maximum absolute atomic E-state index is 5.97. The van der Waals surface area contributed by atoms with Gasteiger partial charge in [0.25, 0.3) is 0 Å². The van der Waals surface area contributed by atoms with Crippen molar-refractivity contribution in [3.8, 4) is 0 Å². The minimum Gasteiger partial charge on any atom is -0.359 e. The molecule has 110 valence electrons. The van der Waals surface area contributed by atoms with E-state index >= 15 is 0 Å². The van der Waals surface area contributed by atoms with E-state index in [1.807, 2.05) is 13.0 Å². The Bertz CT molecular complexity index is 479. The van der Waals surface area contributed by atoms with Crippen molar-refractivity contribution in [1.82, 2.24) is 10.2 Å². The van der Waals surface area contributed by atoms with E-state index in [0.717, 1.165) is 54.3 Å². The number of rotatable bonds is 4. The van der Waals surface area contributed by atoms with E-state index in [0.29, 0.717) is 0 Å². The highest BCUT2D eigenvalue weighted by Crippen LogP contribution is 2.20. The maximum Gasteiger partial charge on any atom is 0.169 e. The van der Waals surface area contributed by atoms with Crippen LogP contribution in [0.15, 0.2) is 24.3 Å². The van der Waals surface area contributed by atoms with Crippen LogP contribution in [0, 0.1) is 0 Å². The molecule has 6 heteroatoms. The van der Waals surface area contributed by atoms with E-state index in [1.165, 1.54) is 4.88 Å². The fourth-order valence-corrected chi connectivity index (χ4v) is 3.65. The second-order valence-corrected chi connectivity index (χ2v) is 7.42. The van der Waals surface area contributed by atoms with Gasteiger partial charge in [-0.2, -0.15) is 0 Å². The SMILES string of the molecule is C=C(C)CNC(=S)N1CC[NH+](Cc2ccc(Cl)s2)CC1. The minimum absolute atomic E-state index is 0.763. The number of hydrogen-bond acceptors (Lipinski definition) is 2. The summed E-state index contributed by atoms with van der Waals surface area (Å²) in [4.78, 5) is 5.22. The molecule has 0 bridgehead atoms. The Labute approximate surface area is 135 Å². The van der Waals surface area contributed by atoms with Gasteiger partial charge >= 0.3 is 0 Å². The lowest BCUT2D eigenvalue weighted by Crippen LogP contribution is -3.13. The van der Waals surface area contributed by atoms with Crippen LogP contribution in [0.3, 0.4) is 0 Å². The molecule has 0 spiro atoms. The monoisotopic (exact) mass is 330 g/mol. The number of nitrogens with one attached hydrogen (secondary N) is 2. The maximum atomic E-state index is 5.97. The molecule has 1 aliphatic rings. The second kappa shape index (κ2) is 7.41. The Kier molecular flexibility index (Phi) is 5.84. The lowest BCUT2D eigenvalue weighted by molar-refractivity contribution is -0.917. The van der Waals surface area contributed by atoms with Crippen LogP contribution in [-0.4, -0.2) is 42.7 Å². The highest BCUT2D eigenvalue weighted by molar-refractivity contribution is 7.80. The molecular weight excluding hydrogens is 310 g/mol. The van der Waals surface area contributed by atoms with Crippen molar-refractivity contribution in [2.24, 2.45) is 0 Å². The molecule has 0 unspecified atom stereocenters. The summed E-state index contributed by atoms with van der Waals surface area (Å²) in [5, 5.41) is 4.11. The molecule has 2 rings (SSSR count). The van der Waals surface area contributed by atoms with Gasteiger partial charge in [-0.3, -0.25) is 0 Å². The molecule has 1 fully saturated rings. The predicted octanol–water partition coefficient (Wildman–Crippen LogP) is 1.55. The highest BCUT2D eigenvalue weighted by Gasteiger charge is 2.22. The van der Waals surface area contributed by atoms with Gasteiger partial charge in [0, 0.05) is 6.54 Å². The summed E-state index contributed by atoms with van der Waals surface area (Å²) in [5.74, 6) is 0. The highest BCUT2D eigenvalue weighted by atomic mass is 35.5. The Balaban J connectivity index is 1.74. The Hall–Kier alpha value is -0.620. The topological polar surface area (TPSA) is 19.7 Å². The summed E-state index contributed by atoms with van der Waals surface area (Å²) >= 11 is 13.1. The Morgan fingerprint density at radius 2 is 2.20 bits per heavy atom. The van der Waals surface area contributed by atoms with Crippen molar-refractivity contribution in [3.63, 3.8) is 0 Å². The molecule has 0 saturated carbocycles. The fraction of sp³-hybridized carbons (Fsp3) is 0.500. The molecule has 0 aliphatic carbocycles. The molecule has 1 aromatic heterocycles. The van der Waals surface area contributed by atoms with Crippen molar-refractivity contribution in [1.29, 1.82) is 0 Å². The summed E-state index contributed by atoms with van der Waals surface area (Å²) in [6, 6.07) is 4.11. The van der Waals surface area contributed by atoms with E-state index in [1.54, 1.807) is 16.2 Å². The summed E-state index contributed by atoms with van der Waals surface area (Å²) in [5.41, 5.74) is 1.10. The minimum atomic E-state index is 0.763. The van der Waals surface area contributed by atoms with Crippen LogP contribution in [-0.2, 0) is 6.54 Å². The van der Waals surface area contributed by atoms with E-state index < -0.39 is 0 Å². The second-order valence-electron chi connectivity index (χ2n) is 5.24. The number of hydrogen-bond donors (Lipinski definition) is 2. The molecule has 3 nitrogen and oxygen atoms in total. The lowest BCUT2D eigenvalue weighted by Gasteiger charge is -2.33. The molecule has 0 atom stereocenters. The van der Waals surface area contributed by atoms with Crippen molar-refractivity contribution >= 4 is 40.3 Å². The Morgan fingerprint density at radius 3 is 2.75 bits per heavy atom. The van der Waals surface area contributed by atoms with Crippen molar-refractivity contribution < 1.29 is 4.90 Å². The number of halogens is 1. The van der Waals surface area contributed by atoms with Gasteiger partial charge < -0.3 is 15.1 Å². The Morgan fingerprint density at radius 1 is 1.50 bits per heavy atom. The molecule has 2 N–H and O–H groups in total. The zero-order valence-corrected chi connectivity index (χ0v) is 14.1. The number of nitrogens with zero attached hydrogens (tertiary/aromatic N) is 1. The fourth-order valence-electron chi connectivity index (χ4n) is 2.23. The largest absolute Gasteiger partial charge is 0.359 e. The number of thiocarbonyl (C=S) groups is 1. The van der Waals surface area contributed by atoms with E-state index in [-0.39, 0.29) is 0 Å². The van der Waals surface area contributed by atoms with Gasteiger partial charge in [-0.25, -0.2) is 0 Å². The van der Waals surface area contributed by atoms with Gasteiger partial charge in [0.1, 0.15) is 6.54 Å². The third kappa shape index (κ3) is 4.74. The first kappa shape index (κ1) is 15.8. The zero-order valence-electron chi connectivity index (χ0n) is 11.7. The molecule has 0 radical (unpaired) electrons. The van der Waals surface area contributed by atoms with Crippen LogP contribution < -0.4 is 10.2 Å². The van der Waals surface area contributed by atoms with Crippen molar-refractivity contribution in [2.45, 2.75) is 13.5 Å². The third-order valence-electron chi connectivity index (χ3n) is 3.35. The smallest absolute Gasteiger partial charge is 0.169 e. The van der Waals surface area contributed by atoms with Gasteiger partial charge in [-0.05, 0) is 31.3 Å². The van der Waals surface area contributed by atoms with Gasteiger partial charge in [0.05, 0.1) is 35.4 Å². The van der Waals surface area contributed by atoms with Crippen molar-refractivity contribution in [2.75, 3.05) is 32.7 Å². The zero-order chi connectivity index (χ0) is 14.5. The first-order valence-electron chi connectivity index (χ1n) is 6.79. The summed E-state index contributed by atoms with van der Waals surface area (Å²) in [6.07, 6.45) is 0. The predicted molar refractivity (Wildman–Crippen MR) is 90.7 cm³/mol. The molecule has 20 heavy (non-hydrogen) atoms. The quantitative estimate of drug-likeness (QED) is 0.645. The van der Waals surface area contributed by atoms with E-state index in [4.69, 9.17) is 23.8 Å². The van der Waals surface area contributed by atoms with Gasteiger partial charge in [0.2, 0.25) is 0 Å². The summed E-state index contributed by atoms with van der Waals surface area (Å²) in [7, 11) is 0. The average molecular weight is 331 g/mol. The van der Waals surface area contributed by atoms with Gasteiger partial charge in [-0.1, -0.05) is 23.8 Å². The molecule has 1 aliphatic heterocycles. The molecule has 2 heterocycles. The van der Waals surface area contributed by atoms with Crippen molar-refractivity contribution in [3.05, 3.63) is 33.5 Å². The van der Waals surface area contributed by atoms with Crippen LogP contribution in [0.4, 0.5) is 0 Å². The van der Waals surface area contributed by atoms with Crippen LogP contribution in [0.1, 0.15) is 11.8 Å². The molecular formula is C14H21ClN3S2+. The van der Waals surface area contributed by atoms with E-state index in [9.17, 15) is 0 Å². The van der Waals surface area contributed by atoms with E-state index in [2.05, 4.69) is 22.9 Å². The lowest BCUT2D eigenvalue weighted by atomic mass is 10.3. The van der Waals surface area contributed by atoms with Crippen LogP contribution in [0.2, 0.25) is 4.34 Å². The summed E-state index contributed by atoms with van der Waals surface area (Å²) in [6.45, 7) is 12.0. The third-order valence-corrected chi connectivity index (χ3v) is 4.99. The normalized spacial score (nSPS) is 16.2. The van der Waals surface area contributed by atoms with Gasteiger partial charge in [-0.15, -0.1) is 11.3 Å².